The standard InChI is InChI=1S/C20H14Cl2FN3OS/c21-13-9-14(22)11-16(10-13)25-20(28)26-18-8-12(6-7-17(18)23)19(27)24-15-4-2-1-3-5-15/h1-11H,(H,24,27)(H2,25,26,28). The summed E-state index contributed by atoms with van der Waals surface area (Å²) in [6.45, 7) is 0. The topological polar surface area (TPSA) is 53.2 Å². The van der Waals surface area contributed by atoms with Crippen LogP contribution in [0.25, 0.3) is 0 Å². The van der Waals surface area contributed by atoms with Crippen LogP contribution in [0, 0.1) is 5.82 Å². The number of thiocarbonyl (C=S) groups is 1. The molecule has 0 aliphatic heterocycles. The van der Waals surface area contributed by atoms with Crippen molar-refractivity contribution in [2.75, 3.05) is 16.0 Å². The number of rotatable bonds is 4. The molecule has 0 saturated heterocycles. The van der Waals surface area contributed by atoms with Crippen LogP contribution in [0.2, 0.25) is 10.0 Å². The second kappa shape index (κ2) is 9.01. The van der Waals surface area contributed by atoms with Gasteiger partial charge in [0.25, 0.3) is 5.91 Å². The van der Waals surface area contributed by atoms with Gasteiger partial charge in [-0.25, -0.2) is 4.39 Å². The van der Waals surface area contributed by atoms with Gasteiger partial charge < -0.3 is 16.0 Å². The molecule has 0 spiro atoms. The van der Waals surface area contributed by atoms with Crippen LogP contribution in [0.1, 0.15) is 10.4 Å². The normalized spacial score (nSPS) is 10.2. The summed E-state index contributed by atoms with van der Waals surface area (Å²) in [5, 5.41) is 9.34. The monoisotopic (exact) mass is 433 g/mol. The summed E-state index contributed by atoms with van der Waals surface area (Å²) in [6, 6.07) is 17.8. The molecule has 3 N–H and O–H groups in total. The van der Waals surface area contributed by atoms with E-state index in [1.54, 1.807) is 42.5 Å². The van der Waals surface area contributed by atoms with Crippen LogP contribution in [-0.4, -0.2) is 11.0 Å². The number of para-hydroxylation sites is 1. The van der Waals surface area contributed by atoms with E-state index in [-0.39, 0.29) is 22.3 Å². The predicted octanol–water partition coefficient (Wildman–Crippen LogP) is 6.19. The first-order valence-corrected chi connectivity index (χ1v) is 9.27. The van der Waals surface area contributed by atoms with Gasteiger partial charge in [-0.3, -0.25) is 4.79 Å². The summed E-state index contributed by atoms with van der Waals surface area (Å²) in [5.74, 6) is -0.917. The third kappa shape index (κ3) is 5.42. The van der Waals surface area contributed by atoms with Crippen molar-refractivity contribution < 1.29 is 9.18 Å². The average molecular weight is 434 g/mol. The summed E-state index contributed by atoms with van der Waals surface area (Å²) in [7, 11) is 0. The molecule has 0 radical (unpaired) electrons. The third-order valence-corrected chi connectivity index (χ3v) is 4.27. The third-order valence-electron chi connectivity index (χ3n) is 3.63. The summed E-state index contributed by atoms with van der Waals surface area (Å²) < 4.78 is 14.2. The molecule has 142 valence electrons. The van der Waals surface area contributed by atoms with Crippen LogP contribution in [0.5, 0.6) is 0 Å². The van der Waals surface area contributed by atoms with Gasteiger partial charge in [0.15, 0.2) is 5.11 Å². The van der Waals surface area contributed by atoms with Gasteiger partial charge >= 0.3 is 0 Å². The van der Waals surface area contributed by atoms with Gasteiger partial charge in [0.2, 0.25) is 0 Å². The number of nitrogens with one attached hydrogen (secondary N) is 3. The van der Waals surface area contributed by atoms with Crippen molar-refractivity contribution in [1.82, 2.24) is 0 Å². The molecule has 0 bridgehead atoms. The zero-order valence-electron chi connectivity index (χ0n) is 14.3. The van der Waals surface area contributed by atoms with E-state index in [0.29, 0.717) is 21.4 Å². The van der Waals surface area contributed by atoms with E-state index < -0.39 is 5.82 Å². The minimum Gasteiger partial charge on any atom is -0.332 e. The van der Waals surface area contributed by atoms with Crippen molar-refractivity contribution in [2.24, 2.45) is 0 Å². The fourth-order valence-electron chi connectivity index (χ4n) is 2.40. The van der Waals surface area contributed by atoms with E-state index in [9.17, 15) is 9.18 Å². The fraction of sp³-hybridized carbons (Fsp3) is 0. The van der Waals surface area contributed by atoms with Gasteiger partial charge in [0.1, 0.15) is 5.82 Å². The lowest BCUT2D eigenvalue weighted by molar-refractivity contribution is 0.102. The molecule has 0 aliphatic carbocycles. The maximum atomic E-state index is 14.2. The van der Waals surface area contributed by atoms with Gasteiger partial charge in [-0.2, -0.15) is 0 Å². The van der Waals surface area contributed by atoms with Crippen LogP contribution < -0.4 is 16.0 Å². The largest absolute Gasteiger partial charge is 0.332 e. The Hall–Kier alpha value is -2.67. The predicted molar refractivity (Wildman–Crippen MR) is 117 cm³/mol. The second-order valence-electron chi connectivity index (χ2n) is 5.75. The summed E-state index contributed by atoms with van der Waals surface area (Å²) in [4.78, 5) is 12.4. The lowest BCUT2D eigenvalue weighted by Crippen LogP contribution is -2.20. The molecule has 3 aromatic rings. The van der Waals surface area contributed by atoms with E-state index >= 15 is 0 Å². The van der Waals surface area contributed by atoms with E-state index in [2.05, 4.69) is 16.0 Å². The van der Waals surface area contributed by atoms with E-state index in [4.69, 9.17) is 35.4 Å². The molecular formula is C20H14Cl2FN3OS. The number of carbonyl (C=O) groups excluding carboxylic acids is 1. The summed E-state index contributed by atoms with van der Waals surface area (Å²) >= 11 is 17.1. The number of hydrogen-bond donors (Lipinski definition) is 3. The average Bonchev–Trinajstić information content (AvgIpc) is 2.63. The van der Waals surface area contributed by atoms with Crippen molar-refractivity contribution in [3.8, 4) is 0 Å². The molecule has 0 heterocycles. The van der Waals surface area contributed by atoms with Crippen LogP contribution in [0.15, 0.2) is 66.7 Å². The molecule has 0 fully saturated rings. The Morgan fingerprint density at radius 3 is 2.18 bits per heavy atom. The highest BCUT2D eigenvalue weighted by molar-refractivity contribution is 7.80. The fourth-order valence-corrected chi connectivity index (χ4v) is 3.15. The van der Waals surface area contributed by atoms with Gasteiger partial charge in [-0.05, 0) is 60.7 Å². The summed E-state index contributed by atoms with van der Waals surface area (Å²) in [5.41, 5.74) is 1.53. The smallest absolute Gasteiger partial charge is 0.255 e. The van der Waals surface area contributed by atoms with E-state index in [1.807, 2.05) is 6.07 Å². The molecule has 8 heteroatoms. The Kier molecular flexibility index (Phi) is 6.46. The maximum Gasteiger partial charge on any atom is 0.255 e. The number of hydrogen-bond acceptors (Lipinski definition) is 2. The first-order chi connectivity index (χ1) is 13.4. The highest BCUT2D eigenvalue weighted by Gasteiger charge is 2.11. The van der Waals surface area contributed by atoms with Crippen LogP contribution in [-0.2, 0) is 0 Å². The van der Waals surface area contributed by atoms with Gasteiger partial charge in [-0.1, -0.05) is 41.4 Å². The Balaban J connectivity index is 1.72. The van der Waals surface area contributed by atoms with Gasteiger partial charge in [0.05, 0.1) is 5.69 Å². The van der Waals surface area contributed by atoms with Gasteiger partial charge in [0, 0.05) is 27.0 Å². The molecule has 1 amide bonds. The molecule has 28 heavy (non-hydrogen) atoms. The maximum absolute atomic E-state index is 14.2. The highest BCUT2D eigenvalue weighted by Crippen LogP contribution is 2.23. The molecule has 0 aliphatic rings. The molecule has 0 unspecified atom stereocenters. The molecule has 3 rings (SSSR count). The molecule has 0 atom stereocenters. The SMILES string of the molecule is O=C(Nc1ccccc1)c1ccc(F)c(NC(=S)Nc2cc(Cl)cc(Cl)c2)c1. The van der Waals surface area contributed by atoms with Crippen molar-refractivity contribution in [3.63, 3.8) is 0 Å². The Labute approximate surface area is 176 Å². The van der Waals surface area contributed by atoms with Crippen LogP contribution in [0.3, 0.4) is 0 Å². The van der Waals surface area contributed by atoms with Crippen LogP contribution >= 0.6 is 35.4 Å². The number of benzene rings is 3. The van der Waals surface area contributed by atoms with Crippen molar-refractivity contribution in [3.05, 3.63) is 88.2 Å². The van der Waals surface area contributed by atoms with Crippen molar-refractivity contribution in [1.29, 1.82) is 0 Å². The first kappa shape index (κ1) is 20.1. The minimum absolute atomic E-state index is 0.0614. The zero-order valence-corrected chi connectivity index (χ0v) is 16.6. The number of anilines is 3. The quantitative estimate of drug-likeness (QED) is 0.429. The van der Waals surface area contributed by atoms with Gasteiger partial charge in [-0.15, -0.1) is 0 Å². The molecule has 0 saturated carbocycles. The highest BCUT2D eigenvalue weighted by atomic mass is 35.5. The zero-order chi connectivity index (χ0) is 20.1. The molecule has 3 aromatic carbocycles. The Morgan fingerprint density at radius 2 is 1.50 bits per heavy atom. The van der Waals surface area contributed by atoms with Crippen LogP contribution in [0.4, 0.5) is 21.5 Å². The van der Waals surface area contributed by atoms with E-state index in [0.717, 1.165) is 0 Å². The minimum atomic E-state index is -0.551. The number of carbonyl (C=O) groups is 1. The lowest BCUT2D eigenvalue weighted by Gasteiger charge is -2.13. The number of halogens is 3. The molecule has 4 nitrogen and oxygen atoms in total. The number of amides is 1. The Bertz CT molecular complexity index is 1010. The van der Waals surface area contributed by atoms with Crippen molar-refractivity contribution >= 4 is 63.5 Å². The molecular weight excluding hydrogens is 420 g/mol. The lowest BCUT2D eigenvalue weighted by atomic mass is 10.1. The Morgan fingerprint density at radius 1 is 0.821 bits per heavy atom. The van der Waals surface area contributed by atoms with E-state index in [1.165, 1.54) is 18.2 Å². The van der Waals surface area contributed by atoms with Crippen molar-refractivity contribution in [2.45, 2.75) is 0 Å². The first-order valence-electron chi connectivity index (χ1n) is 8.11. The second-order valence-corrected chi connectivity index (χ2v) is 7.03. The molecule has 0 aromatic heterocycles. The summed E-state index contributed by atoms with van der Waals surface area (Å²) in [6.07, 6.45) is 0.